The number of hydrogen-bond donors (Lipinski definition) is 1. The van der Waals surface area contributed by atoms with Crippen molar-refractivity contribution >= 4 is 22.4 Å². The van der Waals surface area contributed by atoms with Gasteiger partial charge < -0.3 is 14.8 Å². The first kappa shape index (κ1) is 17.7. The number of piperidine rings is 1. The summed E-state index contributed by atoms with van der Waals surface area (Å²) in [7, 11) is 1.81. The summed E-state index contributed by atoms with van der Waals surface area (Å²) >= 11 is 1.46. The van der Waals surface area contributed by atoms with Gasteiger partial charge in [-0.3, -0.25) is 9.78 Å². The van der Waals surface area contributed by atoms with E-state index in [-0.39, 0.29) is 5.91 Å². The summed E-state index contributed by atoms with van der Waals surface area (Å²) in [5.74, 6) is 1.49. The van der Waals surface area contributed by atoms with Crippen molar-refractivity contribution in [1.82, 2.24) is 24.4 Å². The third-order valence-electron chi connectivity index (χ3n) is 4.93. The van der Waals surface area contributed by atoms with E-state index in [0.29, 0.717) is 11.6 Å². The van der Waals surface area contributed by atoms with Crippen LogP contribution in [0.25, 0.3) is 0 Å². The average molecular weight is 382 g/mol. The number of likely N-dealkylation sites (tertiary alicyclic amines) is 1. The van der Waals surface area contributed by atoms with Crippen LogP contribution in [-0.2, 0) is 6.54 Å². The van der Waals surface area contributed by atoms with Crippen LogP contribution in [0.1, 0.15) is 40.6 Å². The second kappa shape index (κ2) is 7.87. The summed E-state index contributed by atoms with van der Waals surface area (Å²) in [5.41, 5.74) is 1.74. The van der Waals surface area contributed by atoms with Gasteiger partial charge in [0.15, 0.2) is 5.13 Å². The number of nitrogens with one attached hydrogen (secondary N) is 1. The number of hydrogen-bond acceptors (Lipinski definition) is 6. The zero-order chi connectivity index (χ0) is 18.6. The molecule has 4 rings (SSSR count). The van der Waals surface area contributed by atoms with E-state index in [2.05, 4.69) is 24.8 Å². The maximum atomic E-state index is 12.6. The molecule has 3 aromatic rings. The first-order valence-corrected chi connectivity index (χ1v) is 9.95. The van der Waals surface area contributed by atoms with E-state index in [9.17, 15) is 4.79 Å². The molecule has 1 aliphatic heterocycles. The Morgan fingerprint density at radius 1 is 1.26 bits per heavy atom. The molecular formula is C19H22N6OS. The van der Waals surface area contributed by atoms with Gasteiger partial charge in [-0.2, -0.15) is 0 Å². The highest BCUT2D eigenvalue weighted by Gasteiger charge is 2.28. The van der Waals surface area contributed by atoms with Gasteiger partial charge in [0.2, 0.25) is 0 Å². The Hall–Kier alpha value is -2.74. The summed E-state index contributed by atoms with van der Waals surface area (Å²) in [5, 5.41) is 5.57. The van der Waals surface area contributed by atoms with E-state index < -0.39 is 0 Å². The quantitative estimate of drug-likeness (QED) is 0.734. The maximum absolute atomic E-state index is 12.6. The number of anilines is 1. The molecule has 4 heterocycles. The van der Waals surface area contributed by atoms with Gasteiger partial charge in [0.05, 0.1) is 0 Å². The Morgan fingerprint density at radius 3 is 2.74 bits per heavy atom. The topological polar surface area (TPSA) is 75.9 Å². The lowest BCUT2D eigenvalue weighted by Crippen LogP contribution is -2.38. The van der Waals surface area contributed by atoms with E-state index in [1.165, 1.54) is 16.9 Å². The van der Waals surface area contributed by atoms with Gasteiger partial charge in [0.1, 0.15) is 11.5 Å². The first-order valence-electron chi connectivity index (χ1n) is 9.07. The van der Waals surface area contributed by atoms with Gasteiger partial charge in [-0.05, 0) is 30.5 Å². The van der Waals surface area contributed by atoms with Crippen molar-refractivity contribution in [2.45, 2.75) is 25.3 Å². The molecule has 27 heavy (non-hydrogen) atoms. The van der Waals surface area contributed by atoms with E-state index in [1.807, 2.05) is 54.2 Å². The van der Waals surface area contributed by atoms with Crippen LogP contribution < -0.4 is 5.32 Å². The van der Waals surface area contributed by atoms with Crippen LogP contribution in [-0.4, -0.2) is 50.5 Å². The molecule has 0 spiro atoms. The fraction of sp³-hybridized carbons (Fsp3) is 0.368. The number of carbonyl (C=O) groups excluding carboxylic acids is 1. The molecule has 0 aliphatic carbocycles. The van der Waals surface area contributed by atoms with Crippen LogP contribution in [0.5, 0.6) is 0 Å². The van der Waals surface area contributed by atoms with Crippen LogP contribution in [0.15, 0.2) is 42.3 Å². The molecule has 0 bridgehead atoms. The summed E-state index contributed by atoms with van der Waals surface area (Å²) in [6.07, 6.45) is 9.36. The molecule has 1 fully saturated rings. The molecule has 0 radical (unpaired) electrons. The van der Waals surface area contributed by atoms with Crippen LogP contribution in [0.3, 0.4) is 0 Å². The van der Waals surface area contributed by atoms with Crippen molar-refractivity contribution < 1.29 is 4.79 Å². The van der Waals surface area contributed by atoms with Gasteiger partial charge in [0.25, 0.3) is 5.91 Å². The van der Waals surface area contributed by atoms with Gasteiger partial charge in [-0.15, -0.1) is 11.3 Å². The fourth-order valence-corrected chi connectivity index (χ4v) is 4.13. The van der Waals surface area contributed by atoms with E-state index in [0.717, 1.165) is 43.4 Å². The van der Waals surface area contributed by atoms with Crippen LogP contribution >= 0.6 is 11.3 Å². The van der Waals surface area contributed by atoms with E-state index in [1.54, 1.807) is 0 Å². The summed E-state index contributed by atoms with van der Waals surface area (Å²) in [6, 6.07) is 4.05. The van der Waals surface area contributed by atoms with Crippen molar-refractivity contribution in [3.8, 4) is 0 Å². The lowest BCUT2D eigenvalue weighted by atomic mass is 9.95. The second-order valence-electron chi connectivity index (χ2n) is 6.62. The van der Waals surface area contributed by atoms with Crippen molar-refractivity contribution in [2.75, 3.05) is 25.5 Å². The Bertz CT molecular complexity index is 898. The highest BCUT2D eigenvalue weighted by Crippen LogP contribution is 2.28. The number of imidazole rings is 1. The van der Waals surface area contributed by atoms with Crippen LogP contribution in [0.4, 0.5) is 5.13 Å². The highest BCUT2D eigenvalue weighted by atomic mass is 32.1. The summed E-state index contributed by atoms with van der Waals surface area (Å²) in [6.45, 7) is 2.26. The number of amides is 1. The van der Waals surface area contributed by atoms with Gasteiger partial charge in [-0.1, -0.05) is 0 Å². The Labute approximate surface area is 162 Å². The minimum atomic E-state index is 0.0197. The number of thiazole rings is 1. The molecule has 1 saturated heterocycles. The molecular weight excluding hydrogens is 360 g/mol. The predicted molar refractivity (Wildman–Crippen MR) is 105 cm³/mol. The minimum Gasteiger partial charge on any atom is -0.365 e. The van der Waals surface area contributed by atoms with Crippen molar-refractivity contribution in [3.63, 3.8) is 0 Å². The van der Waals surface area contributed by atoms with Crippen LogP contribution in [0.2, 0.25) is 0 Å². The zero-order valence-electron chi connectivity index (χ0n) is 15.2. The van der Waals surface area contributed by atoms with Crippen LogP contribution in [0, 0.1) is 0 Å². The number of pyridine rings is 1. The minimum absolute atomic E-state index is 0.0197. The molecule has 1 aliphatic rings. The fourth-order valence-electron chi connectivity index (χ4n) is 3.49. The molecule has 8 heteroatoms. The Kier molecular flexibility index (Phi) is 5.15. The third kappa shape index (κ3) is 3.85. The van der Waals surface area contributed by atoms with Gasteiger partial charge >= 0.3 is 0 Å². The molecule has 1 amide bonds. The number of carbonyl (C=O) groups is 1. The largest absolute Gasteiger partial charge is 0.365 e. The maximum Gasteiger partial charge on any atom is 0.273 e. The Balaban J connectivity index is 1.40. The third-order valence-corrected chi connectivity index (χ3v) is 5.79. The molecule has 1 N–H and O–H groups in total. The SMILES string of the molecule is CNc1nc(C(=O)N2CCC(c3nccn3Cc3ccncc3)CC2)cs1. The normalized spacial score (nSPS) is 15.1. The predicted octanol–water partition coefficient (Wildman–Crippen LogP) is 2.84. The molecule has 0 aromatic carbocycles. The number of rotatable bonds is 5. The standard InChI is InChI=1S/C19H22N6OS/c1-20-19-23-16(13-27-19)18(26)24-9-4-15(5-10-24)17-22-8-11-25(17)12-14-2-6-21-7-3-14/h2-3,6-8,11,13,15H,4-5,9-10,12H2,1H3,(H,20,23). The molecule has 140 valence electrons. The van der Waals surface area contributed by atoms with E-state index >= 15 is 0 Å². The lowest BCUT2D eigenvalue weighted by molar-refractivity contribution is 0.0705. The summed E-state index contributed by atoms with van der Waals surface area (Å²) < 4.78 is 2.21. The average Bonchev–Trinajstić information content (AvgIpc) is 3.38. The van der Waals surface area contributed by atoms with Gasteiger partial charge in [0, 0.05) is 62.8 Å². The molecule has 7 nitrogen and oxygen atoms in total. The highest BCUT2D eigenvalue weighted by molar-refractivity contribution is 7.13. The van der Waals surface area contributed by atoms with Gasteiger partial charge in [-0.25, -0.2) is 9.97 Å². The first-order chi connectivity index (χ1) is 13.2. The molecule has 0 saturated carbocycles. The zero-order valence-corrected chi connectivity index (χ0v) is 16.0. The number of nitrogens with zero attached hydrogens (tertiary/aromatic N) is 5. The Morgan fingerprint density at radius 2 is 2.04 bits per heavy atom. The van der Waals surface area contributed by atoms with Crippen molar-refractivity contribution in [3.05, 3.63) is 59.4 Å². The van der Waals surface area contributed by atoms with Crippen molar-refractivity contribution in [2.24, 2.45) is 0 Å². The number of aromatic nitrogens is 4. The summed E-state index contributed by atoms with van der Waals surface area (Å²) in [4.78, 5) is 27.6. The monoisotopic (exact) mass is 382 g/mol. The smallest absolute Gasteiger partial charge is 0.273 e. The lowest BCUT2D eigenvalue weighted by Gasteiger charge is -2.31. The van der Waals surface area contributed by atoms with Crippen molar-refractivity contribution in [1.29, 1.82) is 0 Å². The molecule has 0 atom stereocenters. The molecule has 0 unspecified atom stereocenters. The van der Waals surface area contributed by atoms with E-state index in [4.69, 9.17) is 0 Å². The molecule has 3 aromatic heterocycles. The second-order valence-corrected chi connectivity index (χ2v) is 7.48.